The first kappa shape index (κ1) is 17.3. The number of hydrogen-bond donors (Lipinski definition) is 1. The van der Waals surface area contributed by atoms with E-state index in [9.17, 15) is 4.79 Å². The van der Waals surface area contributed by atoms with E-state index in [0.29, 0.717) is 5.56 Å². The molecule has 27 heavy (non-hydrogen) atoms. The number of fused-ring (bicyclic) bond motifs is 1. The average Bonchev–Trinajstić information content (AvgIpc) is 3.04. The van der Waals surface area contributed by atoms with Crippen molar-refractivity contribution in [1.82, 2.24) is 4.98 Å². The standard InChI is InChI=1S/C23H23N3O/c1-17-15-19-9-5-6-10-21(19)26(17)23(27)20-11-12-22(25-16-20)24-14-13-18-7-3-2-4-8-18/h2-12,16-17H,13-15H2,1H3,(H,24,25). The summed E-state index contributed by atoms with van der Waals surface area (Å²) in [4.78, 5) is 19.3. The zero-order chi connectivity index (χ0) is 18.6. The molecule has 0 fully saturated rings. The van der Waals surface area contributed by atoms with Gasteiger partial charge in [0.15, 0.2) is 0 Å². The Morgan fingerprint density at radius 1 is 1.07 bits per heavy atom. The van der Waals surface area contributed by atoms with Crippen LogP contribution in [0.4, 0.5) is 11.5 Å². The molecular formula is C23H23N3O. The quantitative estimate of drug-likeness (QED) is 0.739. The Morgan fingerprint density at radius 3 is 2.63 bits per heavy atom. The highest BCUT2D eigenvalue weighted by atomic mass is 16.2. The van der Waals surface area contributed by atoms with Crippen LogP contribution in [-0.4, -0.2) is 23.5 Å². The summed E-state index contributed by atoms with van der Waals surface area (Å²) < 4.78 is 0. The number of benzene rings is 2. The number of carbonyl (C=O) groups is 1. The minimum atomic E-state index is 0.00999. The number of rotatable bonds is 5. The van der Waals surface area contributed by atoms with Gasteiger partial charge in [0, 0.05) is 24.5 Å². The predicted octanol–water partition coefficient (Wildman–Crippen LogP) is 4.33. The van der Waals surface area contributed by atoms with Crippen molar-refractivity contribution in [3.05, 3.63) is 89.6 Å². The summed E-state index contributed by atoms with van der Waals surface area (Å²) >= 11 is 0. The number of carbonyl (C=O) groups excluding carboxylic acids is 1. The lowest BCUT2D eigenvalue weighted by Crippen LogP contribution is -2.35. The molecule has 1 atom stereocenters. The van der Waals surface area contributed by atoms with Crippen LogP contribution in [-0.2, 0) is 12.8 Å². The van der Waals surface area contributed by atoms with E-state index in [1.807, 2.05) is 53.4 Å². The van der Waals surface area contributed by atoms with Gasteiger partial charge in [-0.2, -0.15) is 0 Å². The number of anilines is 2. The second kappa shape index (κ2) is 7.62. The molecule has 2 heterocycles. The van der Waals surface area contributed by atoms with E-state index in [4.69, 9.17) is 0 Å². The van der Waals surface area contributed by atoms with Crippen molar-refractivity contribution >= 4 is 17.4 Å². The molecule has 0 aliphatic carbocycles. The number of nitrogens with zero attached hydrogens (tertiary/aromatic N) is 2. The van der Waals surface area contributed by atoms with Crippen LogP contribution < -0.4 is 10.2 Å². The summed E-state index contributed by atoms with van der Waals surface area (Å²) in [6.07, 6.45) is 3.50. The van der Waals surface area contributed by atoms with Gasteiger partial charge in [-0.25, -0.2) is 4.98 Å². The Hall–Kier alpha value is -3.14. The van der Waals surface area contributed by atoms with Gasteiger partial charge >= 0.3 is 0 Å². The highest BCUT2D eigenvalue weighted by Gasteiger charge is 2.31. The van der Waals surface area contributed by atoms with Crippen molar-refractivity contribution in [3.63, 3.8) is 0 Å². The van der Waals surface area contributed by atoms with Crippen molar-refractivity contribution in [2.75, 3.05) is 16.8 Å². The van der Waals surface area contributed by atoms with Crippen LogP contribution in [0.25, 0.3) is 0 Å². The second-order valence-electron chi connectivity index (χ2n) is 6.95. The third-order valence-electron chi connectivity index (χ3n) is 5.00. The van der Waals surface area contributed by atoms with E-state index in [0.717, 1.165) is 30.9 Å². The Labute approximate surface area is 159 Å². The normalized spacial score (nSPS) is 15.4. The Kier molecular flexibility index (Phi) is 4.88. The van der Waals surface area contributed by atoms with Gasteiger partial charge in [-0.05, 0) is 49.1 Å². The molecule has 0 radical (unpaired) electrons. The summed E-state index contributed by atoms with van der Waals surface area (Å²) in [7, 11) is 0. The molecule has 0 bridgehead atoms. The number of aromatic nitrogens is 1. The van der Waals surface area contributed by atoms with Gasteiger partial charge in [-0.3, -0.25) is 4.79 Å². The van der Waals surface area contributed by atoms with Crippen molar-refractivity contribution in [3.8, 4) is 0 Å². The Bertz CT molecular complexity index is 922. The molecule has 1 aliphatic rings. The first-order chi connectivity index (χ1) is 13.2. The average molecular weight is 357 g/mol. The highest BCUT2D eigenvalue weighted by molar-refractivity contribution is 6.07. The molecule has 0 spiro atoms. The molecule has 1 aliphatic heterocycles. The molecule has 1 unspecified atom stereocenters. The van der Waals surface area contributed by atoms with Crippen LogP contribution >= 0.6 is 0 Å². The van der Waals surface area contributed by atoms with Gasteiger partial charge < -0.3 is 10.2 Å². The van der Waals surface area contributed by atoms with Gasteiger partial charge in [0.05, 0.1) is 5.56 Å². The maximum Gasteiger partial charge on any atom is 0.260 e. The largest absolute Gasteiger partial charge is 0.370 e. The molecule has 1 amide bonds. The van der Waals surface area contributed by atoms with Gasteiger partial charge in [-0.15, -0.1) is 0 Å². The number of amides is 1. The van der Waals surface area contributed by atoms with Crippen molar-refractivity contribution in [2.45, 2.75) is 25.8 Å². The number of hydrogen-bond acceptors (Lipinski definition) is 3. The minimum Gasteiger partial charge on any atom is -0.370 e. The maximum atomic E-state index is 13.0. The van der Waals surface area contributed by atoms with Crippen LogP contribution in [0.1, 0.15) is 28.4 Å². The van der Waals surface area contributed by atoms with E-state index < -0.39 is 0 Å². The summed E-state index contributed by atoms with van der Waals surface area (Å²) in [6, 6.07) is 22.4. The monoisotopic (exact) mass is 357 g/mol. The zero-order valence-electron chi connectivity index (χ0n) is 15.4. The predicted molar refractivity (Wildman–Crippen MR) is 109 cm³/mol. The summed E-state index contributed by atoms with van der Waals surface area (Å²) in [5.74, 6) is 0.799. The molecular weight excluding hydrogens is 334 g/mol. The summed E-state index contributed by atoms with van der Waals surface area (Å²) in [6.45, 7) is 2.89. The first-order valence-corrected chi connectivity index (χ1v) is 9.37. The Morgan fingerprint density at radius 2 is 1.85 bits per heavy atom. The van der Waals surface area contributed by atoms with Crippen LogP contribution in [0.2, 0.25) is 0 Å². The van der Waals surface area contributed by atoms with Crippen LogP contribution in [0.15, 0.2) is 72.9 Å². The van der Waals surface area contributed by atoms with Gasteiger partial charge in [0.2, 0.25) is 0 Å². The molecule has 4 nitrogen and oxygen atoms in total. The first-order valence-electron chi connectivity index (χ1n) is 9.37. The lowest BCUT2D eigenvalue weighted by Gasteiger charge is -2.22. The molecule has 1 aromatic heterocycles. The zero-order valence-corrected chi connectivity index (χ0v) is 15.4. The van der Waals surface area contributed by atoms with E-state index in [1.165, 1.54) is 11.1 Å². The number of nitrogens with one attached hydrogen (secondary N) is 1. The molecule has 2 aromatic carbocycles. The molecule has 4 rings (SSSR count). The maximum absolute atomic E-state index is 13.0. The van der Waals surface area contributed by atoms with Gasteiger partial charge in [0.1, 0.15) is 5.82 Å². The van der Waals surface area contributed by atoms with E-state index in [1.54, 1.807) is 6.20 Å². The van der Waals surface area contributed by atoms with Crippen molar-refractivity contribution in [2.24, 2.45) is 0 Å². The highest BCUT2D eigenvalue weighted by Crippen LogP contribution is 2.33. The third kappa shape index (κ3) is 3.70. The number of pyridine rings is 1. The lowest BCUT2D eigenvalue weighted by atomic mass is 10.1. The van der Waals surface area contributed by atoms with Crippen LogP contribution in [0.5, 0.6) is 0 Å². The molecule has 0 saturated heterocycles. The molecule has 3 aromatic rings. The van der Waals surface area contributed by atoms with Gasteiger partial charge in [0.25, 0.3) is 5.91 Å². The topological polar surface area (TPSA) is 45.2 Å². The van der Waals surface area contributed by atoms with E-state index in [-0.39, 0.29) is 11.9 Å². The van der Waals surface area contributed by atoms with Crippen molar-refractivity contribution < 1.29 is 4.79 Å². The van der Waals surface area contributed by atoms with E-state index in [2.05, 4.69) is 35.4 Å². The fourth-order valence-corrected chi connectivity index (χ4v) is 3.62. The lowest BCUT2D eigenvalue weighted by molar-refractivity contribution is 0.0981. The van der Waals surface area contributed by atoms with Crippen LogP contribution in [0, 0.1) is 0 Å². The minimum absolute atomic E-state index is 0.00999. The molecule has 136 valence electrons. The SMILES string of the molecule is CC1Cc2ccccc2N1C(=O)c1ccc(NCCc2ccccc2)nc1. The number of para-hydroxylation sites is 1. The van der Waals surface area contributed by atoms with Gasteiger partial charge in [-0.1, -0.05) is 48.5 Å². The summed E-state index contributed by atoms with van der Waals surface area (Å²) in [5.41, 5.74) is 4.15. The van der Waals surface area contributed by atoms with Crippen molar-refractivity contribution in [1.29, 1.82) is 0 Å². The van der Waals surface area contributed by atoms with Crippen LogP contribution in [0.3, 0.4) is 0 Å². The summed E-state index contributed by atoms with van der Waals surface area (Å²) in [5, 5.41) is 3.32. The molecule has 1 N–H and O–H groups in total. The molecule has 0 saturated carbocycles. The smallest absolute Gasteiger partial charge is 0.260 e. The van der Waals surface area contributed by atoms with E-state index >= 15 is 0 Å². The second-order valence-corrected chi connectivity index (χ2v) is 6.95. The molecule has 4 heteroatoms. The fraction of sp³-hybridized carbons (Fsp3) is 0.217. The third-order valence-corrected chi connectivity index (χ3v) is 5.00. The fourth-order valence-electron chi connectivity index (χ4n) is 3.62. The Balaban J connectivity index is 1.41.